The number of carbonyl (C=O) groups is 2. The van der Waals surface area contributed by atoms with Gasteiger partial charge in [0.15, 0.2) is 0 Å². The quantitative estimate of drug-likeness (QED) is 0.573. The largest absolute Gasteiger partial charge is 0.466 e. The lowest BCUT2D eigenvalue weighted by molar-refractivity contribution is -0.145. The first-order valence-corrected chi connectivity index (χ1v) is 10.0. The molecule has 3 aromatic rings. The van der Waals surface area contributed by atoms with Crippen molar-refractivity contribution >= 4 is 22.8 Å². The minimum Gasteiger partial charge on any atom is -0.466 e. The molecule has 5 nitrogen and oxygen atoms in total. The van der Waals surface area contributed by atoms with Crippen molar-refractivity contribution in [3.8, 4) is 0 Å². The number of hydrogen-bond donors (Lipinski definition) is 0. The number of nitrogens with zero attached hydrogens (tertiary/aromatic N) is 2. The monoisotopic (exact) mass is 388 g/mol. The topological polar surface area (TPSA) is 59.5 Å². The number of amides is 1. The minimum absolute atomic E-state index is 0.106. The van der Waals surface area contributed by atoms with Crippen molar-refractivity contribution < 1.29 is 14.3 Å². The Morgan fingerprint density at radius 2 is 1.79 bits per heavy atom. The van der Waals surface area contributed by atoms with Gasteiger partial charge in [-0.2, -0.15) is 0 Å². The third kappa shape index (κ3) is 4.45. The van der Waals surface area contributed by atoms with Gasteiger partial charge in [0.2, 0.25) is 0 Å². The molecule has 1 saturated carbocycles. The Balaban J connectivity index is 1.55. The molecular weight excluding hydrogens is 364 g/mol. The van der Waals surface area contributed by atoms with E-state index in [0.29, 0.717) is 25.4 Å². The molecule has 2 aromatic carbocycles. The highest BCUT2D eigenvalue weighted by atomic mass is 16.5. The van der Waals surface area contributed by atoms with Crippen molar-refractivity contribution in [3.63, 3.8) is 0 Å². The minimum atomic E-state index is -0.159. The molecule has 2 atom stereocenters. The van der Waals surface area contributed by atoms with Crippen LogP contribution < -0.4 is 0 Å². The van der Waals surface area contributed by atoms with Crippen molar-refractivity contribution in [3.05, 3.63) is 78.0 Å². The molecule has 1 aromatic heterocycles. The number of rotatable bonds is 7. The van der Waals surface area contributed by atoms with E-state index in [0.717, 1.165) is 22.9 Å². The fourth-order valence-corrected chi connectivity index (χ4v) is 3.64. The third-order valence-electron chi connectivity index (χ3n) is 5.29. The number of fused-ring (bicyclic) bond motifs is 1. The molecule has 1 fully saturated rings. The summed E-state index contributed by atoms with van der Waals surface area (Å²) >= 11 is 0. The van der Waals surface area contributed by atoms with Crippen molar-refractivity contribution in [1.82, 2.24) is 9.88 Å². The van der Waals surface area contributed by atoms with E-state index in [-0.39, 0.29) is 23.7 Å². The number of ether oxygens (including phenoxy) is 1. The summed E-state index contributed by atoms with van der Waals surface area (Å²) in [5.74, 6) is -0.240. The summed E-state index contributed by atoms with van der Waals surface area (Å²) in [4.78, 5) is 31.7. The van der Waals surface area contributed by atoms with Crippen LogP contribution in [-0.2, 0) is 16.1 Å². The van der Waals surface area contributed by atoms with E-state index in [1.54, 1.807) is 11.0 Å². The van der Waals surface area contributed by atoms with Crippen LogP contribution in [0.2, 0.25) is 0 Å². The Morgan fingerprint density at radius 1 is 1.03 bits per heavy atom. The van der Waals surface area contributed by atoms with E-state index < -0.39 is 0 Å². The molecule has 0 N–H and O–H groups in total. The van der Waals surface area contributed by atoms with Gasteiger partial charge in [0.25, 0.3) is 5.91 Å². The smallest absolute Gasteiger partial charge is 0.309 e. The molecule has 0 saturated heterocycles. The molecule has 5 heteroatoms. The van der Waals surface area contributed by atoms with Gasteiger partial charge in [-0.05, 0) is 37.0 Å². The van der Waals surface area contributed by atoms with Gasteiger partial charge < -0.3 is 9.64 Å². The lowest BCUT2D eigenvalue weighted by Crippen LogP contribution is -2.33. The van der Waals surface area contributed by atoms with E-state index in [9.17, 15) is 9.59 Å². The molecule has 0 aliphatic heterocycles. The maximum absolute atomic E-state index is 13.3. The van der Waals surface area contributed by atoms with E-state index in [2.05, 4.69) is 4.98 Å². The Labute approximate surface area is 170 Å². The van der Waals surface area contributed by atoms with Crippen LogP contribution in [0.15, 0.2) is 66.7 Å². The number of pyridine rings is 1. The lowest BCUT2D eigenvalue weighted by Gasteiger charge is -2.23. The summed E-state index contributed by atoms with van der Waals surface area (Å²) in [5.41, 5.74) is 2.27. The molecule has 29 heavy (non-hydrogen) atoms. The standard InChI is InChI=1S/C24H24N2O3/c1-2-29-24(28)20-14-19(20)16-26(15-17-8-4-3-5-9-17)23(27)22-13-12-18-10-6-7-11-21(18)25-22/h3-13,19-20H,2,14-16H2,1H3/t19-,20-/m1/s1. The molecule has 148 valence electrons. The number of esters is 1. The highest BCUT2D eigenvalue weighted by molar-refractivity contribution is 5.95. The molecule has 1 amide bonds. The van der Waals surface area contributed by atoms with Gasteiger partial charge in [-0.3, -0.25) is 9.59 Å². The predicted octanol–water partition coefficient (Wildman–Crippen LogP) is 4.08. The first-order valence-electron chi connectivity index (χ1n) is 10.0. The van der Waals surface area contributed by atoms with Gasteiger partial charge in [-0.25, -0.2) is 4.98 Å². The van der Waals surface area contributed by atoms with E-state index in [4.69, 9.17) is 4.74 Å². The second-order valence-corrected chi connectivity index (χ2v) is 7.41. The Kier molecular flexibility index (Phi) is 5.56. The van der Waals surface area contributed by atoms with Gasteiger partial charge in [-0.15, -0.1) is 0 Å². The number of benzene rings is 2. The number of hydrogen-bond acceptors (Lipinski definition) is 4. The molecule has 1 aliphatic rings. The average molecular weight is 388 g/mol. The predicted molar refractivity (Wildman–Crippen MR) is 111 cm³/mol. The van der Waals surface area contributed by atoms with Crippen LogP contribution in [0, 0.1) is 11.8 Å². The number of aromatic nitrogens is 1. The second-order valence-electron chi connectivity index (χ2n) is 7.41. The summed E-state index contributed by atoms with van der Waals surface area (Å²) in [6.07, 6.45) is 0.766. The third-order valence-corrected chi connectivity index (χ3v) is 5.29. The zero-order chi connectivity index (χ0) is 20.2. The van der Waals surface area contributed by atoms with Gasteiger partial charge in [0, 0.05) is 18.5 Å². The van der Waals surface area contributed by atoms with Crippen LogP contribution >= 0.6 is 0 Å². The van der Waals surface area contributed by atoms with E-state index >= 15 is 0 Å². The molecule has 0 radical (unpaired) electrons. The van der Waals surface area contributed by atoms with Crippen LogP contribution in [0.5, 0.6) is 0 Å². The molecular formula is C24H24N2O3. The van der Waals surface area contributed by atoms with Crippen molar-refractivity contribution in [2.75, 3.05) is 13.2 Å². The molecule has 4 rings (SSSR count). The van der Waals surface area contributed by atoms with Gasteiger partial charge >= 0.3 is 5.97 Å². The number of carbonyl (C=O) groups excluding carboxylic acids is 2. The fraction of sp³-hybridized carbons (Fsp3) is 0.292. The average Bonchev–Trinajstić information content (AvgIpc) is 3.53. The highest BCUT2D eigenvalue weighted by Crippen LogP contribution is 2.40. The maximum Gasteiger partial charge on any atom is 0.309 e. The fourth-order valence-electron chi connectivity index (χ4n) is 3.64. The van der Waals surface area contributed by atoms with Crippen molar-refractivity contribution in [2.45, 2.75) is 19.9 Å². The van der Waals surface area contributed by atoms with Gasteiger partial charge in [-0.1, -0.05) is 54.6 Å². The van der Waals surface area contributed by atoms with E-state index in [1.165, 1.54) is 0 Å². The van der Waals surface area contributed by atoms with Crippen molar-refractivity contribution in [1.29, 1.82) is 0 Å². The van der Waals surface area contributed by atoms with Crippen molar-refractivity contribution in [2.24, 2.45) is 11.8 Å². The molecule has 1 aliphatic carbocycles. The first-order chi connectivity index (χ1) is 14.2. The molecule has 0 spiro atoms. The SMILES string of the molecule is CCOC(=O)[C@@H]1C[C@@H]1CN(Cc1ccccc1)C(=O)c1ccc2ccccc2n1. The second kappa shape index (κ2) is 8.43. The summed E-state index contributed by atoms with van der Waals surface area (Å²) in [5, 5.41) is 1.00. The lowest BCUT2D eigenvalue weighted by atomic mass is 10.1. The molecule has 0 unspecified atom stereocenters. The van der Waals surface area contributed by atoms with Crippen LogP contribution in [-0.4, -0.2) is 34.9 Å². The Bertz CT molecular complexity index is 1020. The van der Waals surface area contributed by atoms with Crippen LogP contribution in [0.25, 0.3) is 10.9 Å². The summed E-state index contributed by atoms with van der Waals surface area (Å²) in [6.45, 7) is 3.20. The first kappa shape index (κ1) is 19.1. The van der Waals surface area contributed by atoms with Crippen LogP contribution in [0.3, 0.4) is 0 Å². The zero-order valence-electron chi connectivity index (χ0n) is 16.5. The molecule has 1 heterocycles. The van der Waals surface area contributed by atoms with Gasteiger partial charge in [0.05, 0.1) is 18.0 Å². The molecule has 0 bridgehead atoms. The summed E-state index contributed by atoms with van der Waals surface area (Å²) < 4.78 is 5.13. The summed E-state index contributed by atoms with van der Waals surface area (Å²) in [7, 11) is 0. The highest BCUT2D eigenvalue weighted by Gasteiger charge is 2.45. The Morgan fingerprint density at radius 3 is 2.59 bits per heavy atom. The van der Waals surface area contributed by atoms with E-state index in [1.807, 2.05) is 67.6 Å². The maximum atomic E-state index is 13.3. The Hall–Kier alpha value is -3.21. The zero-order valence-corrected chi connectivity index (χ0v) is 16.5. The normalized spacial score (nSPS) is 17.7. The number of para-hydroxylation sites is 1. The van der Waals surface area contributed by atoms with Crippen LogP contribution in [0.4, 0.5) is 0 Å². The van der Waals surface area contributed by atoms with Crippen LogP contribution in [0.1, 0.15) is 29.4 Å². The summed E-state index contributed by atoms with van der Waals surface area (Å²) in [6, 6.07) is 21.3. The van der Waals surface area contributed by atoms with Gasteiger partial charge in [0.1, 0.15) is 5.69 Å².